The second-order valence-electron chi connectivity index (χ2n) is 5.50. The Morgan fingerprint density at radius 2 is 1.79 bits per heavy atom. The highest BCUT2D eigenvalue weighted by atomic mass is 15.1. The first-order chi connectivity index (χ1) is 9.10. The second-order valence-corrected chi connectivity index (χ2v) is 5.50. The van der Waals surface area contributed by atoms with Crippen molar-refractivity contribution in [2.75, 3.05) is 20.1 Å². The van der Waals surface area contributed by atoms with E-state index < -0.39 is 0 Å². The zero-order chi connectivity index (χ0) is 13.8. The molecular formula is C17H24N2. The quantitative estimate of drug-likeness (QED) is 0.891. The van der Waals surface area contributed by atoms with Crippen LogP contribution < -0.4 is 5.73 Å². The lowest BCUT2D eigenvalue weighted by Gasteiger charge is -2.23. The van der Waals surface area contributed by atoms with Crippen LogP contribution in [0.25, 0.3) is 10.8 Å². The van der Waals surface area contributed by atoms with Crippen molar-refractivity contribution >= 4 is 10.8 Å². The number of hydrogen-bond donors (Lipinski definition) is 1. The summed E-state index contributed by atoms with van der Waals surface area (Å²) >= 11 is 0. The smallest absolute Gasteiger partial charge is 0.0187 e. The fourth-order valence-electron chi connectivity index (χ4n) is 2.28. The van der Waals surface area contributed by atoms with E-state index in [0.717, 1.165) is 13.0 Å². The number of rotatable bonds is 5. The van der Waals surface area contributed by atoms with Crippen LogP contribution in [0.4, 0.5) is 0 Å². The lowest BCUT2D eigenvalue weighted by molar-refractivity contribution is 0.266. The summed E-state index contributed by atoms with van der Waals surface area (Å²) in [7, 11) is 2.14. The van der Waals surface area contributed by atoms with Crippen molar-refractivity contribution in [3.8, 4) is 0 Å². The molecule has 0 saturated heterocycles. The minimum Gasteiger partial charge on any atom is -0.329 e. The maximum atomic E-state index is 5.69. The molecule has 102 valence electrons. The third-order valence-corrected chi connectivity index (χ3v) is 3.91. The van der Waals surface area contributed by atoms with Gasteiger partial charge in [0.2, 0.25) is 0 Å². The van der Waals surface area contributed by atoms with Crippen LogP contribution >= 0.6 is 0 Å². The topological polar surface area (TPSA) is 29.3 Å². The summed E-state index contributed by atoms with van der Waals surface area (Å²) in [6.45, 7) is 6.07. The van der Waals surface area contributed by atoms with Crippen molar-refractivity contribution < 1.29 is 0 Å². The zero-order valence-corrected chi connectivity index (χ0v) is 12.2. The Bertz CT molecular complexity index is 548. The fraction of sp³-hybridized carbons (Fsp3) is 0.412. The van der Waals surface area contributed by atoms with Gasteiger partial charge >= 0.3 is 0 Å². The van der Waals surface area contributed by atoms with Crippen molar-refractivity contribution in [2.24, 2.45) is 5.73 Å². The molecule has 2 rings (SSSR count). The summed E-state index contributed by atoms with van der Waals surface area (Å²) < 4.78 is 0. The van der Waals surface area contributed by atoms with Crippen LogP contribution in [0.5, 0.6) is 0 Å². The average molecular weight is 256 g/mol. The highest BCUT2D eigenvalue weighted by Gasteiger charge is 2.06. The van der Waals surface area contributed by atoms with Crippen molar-refractivity contribution in [3.63, 3.8) is 0 Å². The van der Waals surface area contributed by atoms with Crippen LogP contribution in [0.3, 0.4) is 0 Å². The highest BCUT2D eigenvalue weighted by molar-refractivity contribution is 5.83. The first-order valence-electron chi connectivity index (χ1n) is 7.00. The van der Waals surface area contributed by atoms with Gasteiger partial charge in [0, 0.05) is 19.1 Å². The third kappa shape index (κ3) is 3.55. The molecule has 2 N–H and O–H groups in total. The molecule has 2 aromatic rings. The second kappa shape index (κ2) is 6.18. The standard InChI is InChI=1S/C17H24N2/c1-13-4-6-17-11-15(5-7-16(17)10-13)8-9-19(3)14(2)12-18/h4-7,10-11,14H,8-9,12,18H2,1-3H3. The van der Waals surface area contributed by atoms with Gasteiger partial charge in [-0.1, -0.05) is 42.0 Å². The number of nitrogens with two attached hydrogens (primary N) is 1. The van der Waals surface area contributed by atoms with Gasteiger partial charge in [-0.05, 0) is 43.7 Å². The van der Waals surface area contributed by atoms with Gasteiger partial charge in [0.05, 0.1) is 0 Å². The molecule has 1 unspecified atom stereocenters. The van der Waals surface area contributed by atoms with Crippen molar-refractivity contribution in [1.82, 2.24) is 4.90 Å². The van der Waals surface area contributed by atoms with E-state index in [1.54, 1.807) is 0 Å². The maximum Gasteiger partial charge on any atom is 0.0187 e. The van der Waals surface area contributed by atoms with Gasteiger partial charge in [-0.3, -0.25) is 0 Å². The lowest BCUT2D eigenvalue weighted by Crippen LogP contribution is -2.36. The SMILES string of the molecule is Cc1ccc2cc(CCN(C)C(C)CN)ccc2c1. The Labute approximate surface area is 116 Å². The molecule has 2 heteroatoms. The van der Waals surface area contributed by atoms with E-state index in [9.17, 15) is 0 Å². The lowest BCUT2D eigenvalue weighted by atomic mass is 10.0. The first kappa shape index (κ1) is 14.0. The fourth-order valence-corrected chi connectivity index (χ4v) is 2.28. The number of hydrogen-bond acceptors (Lipinski definition) is 2. The number of benzene rings is 2. The largest absolute Gasteiger partial charge is 0.329 e. The molecule has 0 fully saturated rings. The van der Waals surface area contributed by atoms with Crippen molar-refractivity contribution in [2.45, 2.75) is 26.3 Å². The summed E-state index contributed by atoms with van der Waals surface area (Å²) in [5.74, 6) is 0. The van der Waals surface area contributed by atoms with Crippen molar-refractivity contribution in [3.05, 3.63) is 47.5 Å². The average Bonchev–Trinajstić information content (AvgIpc) is 2.43. The molecule has 0 spiro atoms. The molecule has 1 atom stereocenters. The molecule has 0 aromatic heterocycles. The van der Waals surface area contributed by atoms with Crippen LogP contribution in [0.15, 0.2) is 36.4 Å². The summed E-state index contributed by atoms with van der Waals surface area (Å²) in [5, 5.41) is 2.66. The zero-order valence-electron chi connectivity index (χ0n) is 12.2. The van der Waals surface area contributed by atoms with E-state index in [2.05, 4.69) is 62.2 Å². The summed E-state index contributed by atoms with van der Waals surface area (Å²) in [4.78, 5) is 2.32. The van der Waals surface area contributed by atoms with Gasteiger partial charge in [-0.25, -0.2) is 0 Å². The van der Waals surface area contributed by atoms with E-state index in [1.807, 2.05) is 0 Å². The van der Waals surface area contributed by atoms with Crippen LogP contribution in [0.2, 0.25) is 0 Å². The predicted octanol–water partition coefficient (Wildman–Crippen LogP) is 2.97. The molecular weight excluding hydrogens is 232 g/mol. The third-order valence-electron chi connectivity index (χ3n) is 3.91. The Hall–Kier alpha value is -1.38. The van der Waals surface area contributed by atoms with E-state index >= 15 is 0 Å². The van der Waals surface area contributed by atoms with E-state index in [1.165, 1.54) is 21.9 Å². The molecule has 0 amide bonds. The van der Waals surface area contributed by atoms with Gasteiger partial charge in [0.15, 0.2) is 0 Å². The normalized spacial score (nSPS) is 13.1. The van der Waals surface area contributed by atoms with Crippen LogP contribution in [-0.2, 0) is 6.42 Å². The van der Waals surface area contributed by atoms with E-state index in [0.29, 0.717) is 12.6 Å². The molecule has 2 aromatic carbocycles. The molecule has 19 heavy (non-hydrogen) atoms. The molecule has 2 nitrogen and oxygen atoms in total. The van der Waals surface area contributed by atoms with Gasteiger partial charge in [0.25, 0.3) is 0 Å². The van der Waals surface area contributed by atoms with Gasteiger partial charge in [-0.15, -0.1) is 0 Å². The number of likely N-dealkylation sites (N-methyl/N-ethyl adjacent to an activating group) is 1. The van der Waals surface area contributed by atoms with Gasteiger partial charge in [-0.2, -0.15) is 0 Å². The first-order valence-corrected chi connectivity index (χ1v) is 7.00. The molecule has 0 radical (unpaired) electrons. The molecule has 0 heterocycles. The molecule has 0 bridgehead atoms. The highest BCUT2D eigenvalue weighted by Crippen LogP contribution is 2.18. The van der Waals surface area contributed by atoms with Crippen LogP contribution in [0, 0.1) is 6.92 Å². The van der Waals surface area contributed by atoms with Crippen molar-refractivity contribution in [1.29, 1.82) is 0 Å². The molecule has 0 aliphatic rings. The Kier molecular flexibility index (Phi) is 4.56. The molecule has 0 saturated carbocycles. The Morgan fingerprint density at radius 3 is 2.53 bits per heavy atom. The Morgan fingerprint density at radius 1 is 1.11 bits per heavy atom. The van der Waals surface area contributed by atoms with Crippen LogP contribution in [0.1, 0.15) is 18.1 Å². The monoisotopic (exact) mass is 256 g/mol. The predicted molar refractivity (Wildman–Crippen MR) is 83.5 cm³/mol. The van der Waals surface area contributed by atoms with Gasteiger partial charge in [0.1, 0.15) is 0 Å². The molecule has 0 aliphatic carbocycles. The van der Waals surface area contributed by atoms with Crippen LogP contribution in [-0.4, -0.2) is 31.1 Å². The Balaban J connectivity index is 2.07. The summed E-state index contributed by atoms with van der Waals surface area (Å²) in [5.41, 5.74) is 8.40. The minimum absolute atomic E-state index is 0.447. The maximum absolute atomic E-state index is 5.69. The minimum atomic E-state index is 0.447. The number of nitrogens with zero attached hydrogens (tertiary/aromatic N) is 1. The van der Waals surface area contributed by atoms with E-state index in [-0.39, 0.29) is 0 Å². The summed E-state index contributed by atoms with van der Waals surface area (Å²) in [6, 6.07) is 13.8. The molecule has 0 aliphatic heterocycles. The van der Waals surface area contributed by atoms with Gasteiger partial charge < -0.3 is 10.6 Å². The number of fused-ring (bicyclic) bond motifs is 1. The summed E-state index contributed by atoms with van der Waals surface area (Å²) in [6.07, 6.45) is 1.07. The van der Waals surface area contributed by atoms with E-state index in [4.69, 9.17) is 5.73 Å². The number of aryl methyl sites for hydroxylation is 1.